The van der Waals surface area contributed by atoms with Crippen molar-refractivity contribution in [2.24, 2.45) is 0 Å². The van der Waals surface area contributed by atoms with Gasteiger partial charge in [0.05, 0.1) is 11.4 Å². The number of halogens is 1. The van der Waals surface area contributed by atoms with Crippen LogP contribution in [-0.2, 0) is 13.1 Å². The maximum absolute atomic E-state index is 14.1. The normalized spacial score (nSPS) is 10.7. The van der Waals surface area contributed by atoms with E-state index in [4.69, 9.17) is 0 Å². The van der Waals surface area contributed by atoms with Crippen molar-refractivity contribution in [1.29, 1.82) is 0 Å². The predicted octanol–water partition coefficient (Wildman–Crippen LogP) is 4.14. The van der Waals surface area contributed by atoms with E-state index in [0.717, 1.165) is 37.2 Å². The average molecular weight is 315 g/mol. The highest BCUT2D eigenvalue weighted by Crippen LogP contribution is 2.21. The zero-order valence-corrected chi connectivity index (χ0v) is 14.1. The van der Waals surface area contributed by atoms with Gasteiger partial charge in [0.15, 0.2) is 0 Å². The van der Waals surface area contributed by atoms with E-state index in [1.54, 1.807) is 12.3 Å². The van der Waals surface area contributed by atoms with Crippen LogP contribution in [-0.4, -0.2) is 18.1 Å². The van der Waals surface area contributed by atoms with Gasteiger partial charge in [0.2, 0.25) is 0 Å². The van der Waals surface area contributed by atoms with E-state index in [1.807, 2.05) is 30.3 Å². The summed E-state index contributed by atoms with van der Waals surface area (Å²) in [6.45, 7) is 7.36. The Balaban J connectivity index is 1.98. The number of hydrogen-bond donors (Lipinski definition) is 1. The lowest BCUT2D eigenvalue weighted by molar-refractivity contribution is 0.611. The first-order valence-corrected chi connectivity index (χ1v) is 8.38. The number of pyridine rings is 1. The molecule has 1 N–H and O–H groups in total. The second kappa shape index (κ2) is 9.26. The van der Waals surface area contributed by atoms with Gasteiger partial charge < -0.3 is 10.2 Å². The van der Waals surface area contributed by atoms with Gasteiger partial charge in [-0.05, 0) is 43.2 Å². The fourth-order valence-corrected chi connectivity index (χ4v) is 2.55. The van der Waals surface area contributed by atoms with Gasteiger partial charge in [0.1, 0.15) is 5.82 Å². The summed E-state index contributed by atoms with van der Waals surface area (Å²) in [5.41, 5.74) is 2.80. The lowest BCUT2D eigenvalue weighted by Gasteiger charge is -2.24. The molecule has 1 aromatic heterocycles. The molecule has 1 heterocycles. The SMILES string of the molecule is CCCCN(CC)c1cc(CNCc2ccccn2)ccc1F. The molecule has 1 aromatic carbocycles. The highest BCUT2D eigenvalue weighted by Gasteiger charge is 2.10. The summed E-state index contributed by atoms with van der Waals surface area (Å²) in [4.78, 5) is 6.40. The molecule has 4 heteroatoms. The van der Waals surface area contributed by atoms with Crippen LogP contribution in [0.4, 0.5) is 10.1 Å². The van der Waals surface area contributed by atoms with Crippen molar-refractivity contribution >= 4 is 5.69 Å². The van der Waals surface area contributed by atoms with E-state index in [2.05, 4.69) is 29.0 Å². The quantitative estimate of drug-likeness (QED) is 0.754. The van der Waals surface area contributed by atoms with Crippen molar-refractivity contribution in [2.75, 3.05) is 18.0 Å². The molecule has 0 aliphatic rings. The van der Waals surface area contributed by atoms with Crippen LogP contribution in [0.15, 0.2) is 42.6 Å². The van der Waals surface area contributed by atoms with Crippen molar-refractivity contribution in [1.82, 2.24) is 10.3 Å². The first-order chi connectivity index (χ1) is 11.2. The lowest BCUT2D eigenvalue weighted by Crippen LogP contribution is -2.25. The van der Waals surface area contributed by atoms with Gasteiger partial charge in [-0.2, -0.15) is 0 Å². The Labute approximate surface area is 138 Å². The summed E-state index contributed by atoms with van der Waals surface area (Å²) in [6.07, 6.45) is 3.98. The first-order valence-electron chi connectivity index (χ1n) is 8.38. The first kappa shape index (κ1) is 17.4. The molecule has 0 fully saturated rings. The largest absolute Gasteiger partial charge is 0.369 e. The Hall–Kier alpha value is -1.94. The molecule has 0 amide bonds. The summed E-state index contributed by atoms with van der Waals surface area (Å²) in [5.74, 6) is -0.142. The van der Waals surface area contributed by atoms with E-state index in [-0.39, 0.29) is 5.82 Å². The highest BCUT2D eigenvalue weighted by molar-refractivity contribution is 5.50. The number of hydrogen-bond acceptors (Lipinski definition) is 3. The summed E-state index contributed by atoms with van der Waals surface area (Å²) in [5, 5.41) is 3.36. The zero-order valence-electron chi connectivity index (χ0n) is 14.1. The third kappa shape index (κ3) is 5.32. The van der Waals surface area contributed by atoms with Crippen molar-refractivity contribution in [3.8, 4) is 0 Å². The molecule has 2 rings (SSSR count). The maximum atomic E-state index is 14.1. The third-order valence-electron chi connectivity index (χ3n) is 3.88. The molecule has 124 valence electrons. The topological polar surface area (TPSA) is 28.2 Å². The minimum Gasteiger partial charge on any atom is -0.369 e. The average Bonchev–Trinajstić information content (AvgIpc) is 2.59. The number of aromatic nitrogens is 1. The Bertz CT molecular complexity index is 586. The Morgan fingerprint density at radius 3 is 2.70 bits per heavy atom. The third-order valence-corrected chi connectivity index (χ3v) is 3.88. The summed E-state index contributed by atoms with van der Waals surface area (Å²) in [6, 6.07) is 11.3. The van der Waals surface area contributed by atoms with Crippen LogP contribution < -0.4 is 10.2 Å². The van der Waals surface area contributed by atoms with E-state index < -0.39 is 0 Å². The van der Waals surface area contributed by atoms with E-state index in [1.165, 1.54) is 0 Å². The minimum atomic E-state index is -0.142. The molecule has 23 heavy (non-hydrogen) atoms. The fourth-order valence-electron chi connectivity index (χ4n) is 2.55. The Morgan fingerprint density at radius 2 is 2.00 bits per heavy atom. The predicted molar refractivity (Wildman–Crippen MR) is 94.0 cm³/mol. The molecule has 2 aromatic rings. The molecular weight excluding hydrogens is 289 g/mol. The van der Waals surface area contributed by atoms with Gasteiger partial charge in [0.25, 0.3) is 0 Å². The second-order valence-electron chi connectivity index (χ2n) is 5.64. The Morgan fingerprint density at radius 1 is 1.13 bits per heavy atom. The molecule has 0 aliphatic carbocycles. The molecule has 3 nitrogen and oxygen atoms in total. The van der Waals surface area contributed by atoms with Crippen LogP contribution in [0.2, 0.25) is 0 Å². The zero-order chi connectivity index (χ0) is 16.5. The van der Waals surface area contributed by atoms with Gasteiger partial charge >= 0.3 is 0 Å². The van der Waals surface area contributed by atoms with Gasteiger partial charge in [-0.3, -0.25) is 4.98 Å². The van der Waals surface area contributed by atoms with Crippen LogP contribution in [0, 0.1) is 5.82 Å². The molecule has 0 bridgehead atoms. The molecule has 0 saturated heterocycles. The van der Waals surface area contributed by atoms with Crippen LogP contribution >= 0.6 is 0 Å². The molecule has 0 radical (unpaired) electrons. The monoisotopic (exact) mass is 315 g/mol. The van der Waals surface area contributed by atoms with E-state index in [9.17, 15) is 4.39 Å². The number of rotatable bonds is 9. The van der Waals surface area contributed by atoms with Crippen molar-refractivity contribution in [3.05, 3.63) is 59.7 Å². The van der Waals surface area contributed by atoms with Crippen LogP contribution in [0.5, 0.6) is 0 Å². The maximum Gasteiger partial charge on any atom is 0.146 e. The second-order valence-corrected chi connectivity index (χ2v) is 5.64. The minimum absolute atomic E-state index is 0.142. The summed E-state index contributed by atoms with van der Waals surface area (Å²) in [7, 11) is 0. The van der Waals surface area contributed by atoms with Crippen LogP contribution in [0.3, 0.4) is 0 Å². The standard InChI is InChI=1S/C19H26FN3/c1-3-5-12-23(4-2)19-13-16(9-10-18(19)20)14-21-15-17-8-6-7-11-22-17/h6-11,13,21H,3-5,12,14-15H2,1-2H3. The van der Waals surface area contributed by atoms with Crippen molar-refractivity contribution < 1.29 is 4.39 Å². The van der Waals surface area contributed by atoms with Crippen LogP contribution in [0.1, 0.15) is 37.9 Å². The van der Waals surface area contributed by atoms with Gasteiger partial charge in [-0.15, -0.1) is 0 Å². The molecule has 0 saturated carbocycles. The number of unbranched alkanes of at least 4 members (excludes halogenated alkanes) is 1. The van der Waals surface area contributed by atoms with Crippen molar-refractivity contribution in [2.45, 2.75) is 39.8 Å². The van der Waals surface area contributed by atoms with Gasteiger partial charge in [-0.1, -0.05) is 25.5 Å². The smallest absolute Gasteiger partial charge is 0.146 e. The summed E-state index contributed by atoms with van der Waals surface area (Å²) < 4.78 is 14.1. The number of anilines is 1. The number of benzene rings is 1. The highest BCUT2D eigenvalue weighted by atomic mass is 19.1. The lowest BCUT2D eigenvalue weighted by atomic mass is 10.1. The van der Waals surface area contributed by atoms with Crippen LogP contribution in [0.25, 0.3) is 0 Å². The fraction of sp³-hybridized carbons (Fsp3) is 0.421. The molecule has 0 atom stereocenters. The molecule has 0 unspecified atom stereocenters. The summed E-state index contributed by atoms with van der Waals surface area (Å²) >= 11 is 0. The van der Waals surface area contributed by atoms with Crippen molar-refractivity contribution in [3.63, 3.8) is 0 Å². The van der Waals surface area contributed by atoms with Gasteiger partial charge in [-0.25, -0.2) is 4.39 Å². The molecule has 0 aliphatic heterocycles. The number of nitrogens with one attached hydrogen (secondary N) is 1. The molecule has 0 spiro atoms. The van der Waals surface area contributed by atoms with E-state index >= 15 is 0 Å². The Kier molecular flexibility index (Phi) is 7.01. The van der Waals surface area contributed by atoms with Gasteiger partial charge in [0, 0.05) is 32.4 Å². The molecular formula is C19H26FN3. The van der Waals surface area contributed by atoms with E-state index in [0.29, 0.717) is 18.8 Å². The number of nitrogens with zero attached hydrogens (tertiary/aromatic N) is 2.